The first kappa shape index (κ1) is 34.3. The van der Waals surface area contributed by atoms with Crippen molar-refractivity contribution in [3.05, 3.63) is 246 Å². The van der Waals surface area contributed by atoms with E-state index >= 15 is 0 Å². The molecule has 0 fully saturated rings. The van der Waals surface area contributed by atoms with Crippen molar-refractivity contribution in [1.29, 1.82) is 0 Å². The van der Waals surface area contributed by atoms with Crippen molar-refractivity contribution in [2.75, 3.05) is 4.90 Å². The van der Waals surface area contributed by atoms with Gasteiger partial charge in [0.05, 0.1) is 16.8 Å². The maximum atomic E-state index is 2.53. The number of rotatable bonds is 7. The van der Waals surface area contributed by atoms with E-state index in [4.69, 9.17) is 0 Å². The number of anilines is 3. The second-order valence-corrected chi connectivity index (χ2v) is 15.8. The summed E-state index contributed by atoms with van der Waals surface area (Å²) in [6.07, 6.45) is 4.88. The summed E-state index contributed by atoms with van der Waals surface area (Å²) in [7, 11) is 0. The molecule has 276 valence electrons. The summed E-state index contributed by atoms with van der Waals surface area (Å²) in [5, 5.41) is 2.43. The molecule has 0 atom stereocenters. The van der Waals surface area contributed by atoms with Crippen molar-refractivity contribution in [1.82, 2.24) is 0 Å². The van der Waals surface area contributed by atoms with Crippen molar-refractivity contribution in [2.24, 2.45) is 0 Å². The van der Waals surface area contributed by atoms with Crippen LogP contribution in [-0.4, -0.2) is 0 Å². The van der Waals surface area contributed by atoms with E-state index in [-0.39, 0.29) is 0 Å². The van der Waals surface area contributed by atoms with Crippen LogP contribution in [0.3, 0.4) is 0 Å². The van der Waals surface area contributed by atoms with Crippen molar-refractivity contribution in [3.8, 4) is 33.4 Å². The third-order valence-corrected chi connectivity index (χ3v) is 12.7. The largest absolute Gasteiger partial charge is 0.309 e. The van der Waals surface area contributed by atoms with Gasteiger partial charge in [-0.15, -0.1) is 0 Å². The number of benzene rings is 9. The van der Waals surface area contributed by atoms with E-state index in [1.165, 1.54) is 96.8 Å². The van der Waals surface area contributed by atoms with Gasteiger partial charge in [0.2, 0.25) is 0 Å². The Bertz CT molecular complexity index is 2880. The zero-order chi connectivity index (χ0) is 38.5. The molecule has 0 spiro atoms. The molecule has 0 heterocycles. The van der Waals surface area contributed by atoms with Crippen LogP contribution in [0.4, 0.5) is 17.1 Å². The minimum Gasteiger partial charge on any atom is -0.309 e. The SMILES string of the molecule is c1ccc(N(c2cc3c(cc2-c2ccc(-c4cccc5c4CCCC5)cc2)-c2ccccc2C3(c2ccccc2)c2ccccc2)c2cccc3ccccc23)cc1. The van der Waals surface area contributed by atoms with Crippen LogP contribution in [0, 0.1) is 0 Å². The molecule has 11 rings (SSSR count). The van der Waals surface area contributed by atoms with E-state index in [9.17, 15) is 0 Å². The first-order valence-corrected chi connectivity index (χ1v) is 20.7. The Hall–Kier alpha value is -6.96. The van der Waals surface area contributed by atoms with Crippen LogP contribution in [0.5, 0.6) is 0 Å². The van der Waals surface area contributed by atoms with Gasteiger partial charge < -0.3 is 4.90 Å². The molecular formula is C57H43N. The molecule has 0 N–H and O–H groups in total. The molecule has 0 saturated heterocycles. The van der Waals surface area contributed by atoms with Crippen molar-refractivity contribution in [2.45, 2.75) is 31.1 Å². The monoisotopic (exact) mass is 741 g/mol. The predicted molar refractivity (Wildman–Crippen MR) is 243 cm³/mol. The van der Waals surface area contributed by atoms with Crippen LogP contribution in [-0.2, 0) is 18.3 Å². The zero-order valence-electron chi connectivity index (χ0n) is 32.5. The molecule has 0 amide bonds. The average molecular weight is 742 g/mol. The van der Waals surface area contributed by atoms with E-state index in [2.05, 4.69) is 217 Å². The van der Waals surface area contributed by atoms with Gasteiger partial charge >= 0.3 is 0 Å². The van der Waals surface area contributed by atoms with Gasteiger partial charge in [-0.1, -0.05) is 182 Å². The fourth-order valence-corrected chi connectivity index (χ4v) is 10.2. The third-order valence-electron chi connectivity index (χ3n) is 12.7. The number of hydrogen-bond donors (Lipinski definition) is 0. The fourth-order valence-electron chi connectivity index (χ4n) is 10.2. The molecule has 1 heteroatoms. The summed E-state index contributed by atoms with van der Waals surface area (Å²) in [6.45, 7) is 0. The molecule has 1 nitrogen and oxygen atoms in total. The number of hydrogen-bond acceptors (Lipinski definition) is 1. The predicted octanol–water partition coefficient (Wildman–Crippen LogP) is 14.9. The van der Waals surface area contributed by atoms with Crippen LogP contribution >= 0.6 is 0 Å². The summed E-state index contributed by atoms with van der Waals surface area (Å²) in [5.74, 6) is 0. The highest BCUT2D eigenvalue weighted by atomic mass is 15.1. The highest BCUT2D eigenvalue weighted by molar-refractivity contribution is 6.03. The molecule has 0 aliphatic heterocycles. The summed E-state index contributed by atoms with van der Waals surface area (Å²) in [5.41, 5.74) is 18.7. The Kier molecular flexibility index (Phi) is 8.40. The lowest BCUT2D eigenvalue weighted by molar-refractivity contribution is 0.687. The van der Waals surface area contributed by atoms with Gasteiger partial charge in [-0.3, -0.25) is 0 Å². The van der Waals surface area contributed by atoms with E-state index in [0.717, 1.165) is 23.5 Å². The highest BCUT2D eigenvalue weighted by Gasteiger charge is 2.46. The fraction of sp³-hybridized carbons (Fsp3) is 0.0877. The lowest BCUT2D eigenvalue weighted by Gasteiger charge is -2.35. The summed E-state index contributed by atoms with van der Waals surface area (Å²) in [6, 6.07) is 79.1. The van der Waals surface area contributed by atoms with Crippen molar-refractivity contribution in [3.63, 3.8) is 0 Å². The maximum Gasteiger partial charge on any atom is 0.0714 e. The molecule has 0 unspecified atom stereocenters. The van der Waals surface area contributed by atoms with Gasteiger partial charge in [0.25, 0.3) is 0 Å². The highest BCUT2D eigenvalue weighted by Crippen LogP contribution is 2.59. The van der Waals surface area contributed by atoms with Crippen molar-refractivity contribution < 1.29 is 0 Å². The maximum absolute atomic E-state index is 2.53. The molecule has 0 radical (unpaired) electrons. The third kappa shape index (κ3) is 5.45. The second kappa shape index (κ2) is 14.2. The molecule has 9 aromatic carbocycles. The number of para-hydroxylation sites is 1. The molecule has 0 bridgehead atoms. The molecule has 2 aliphatic carbocycles. The molecule has 2 aliphatic rings. The van der Waals surface area contributed by atoms with Crippen LogP contribution in [0.2, 0.25) is 0 Å². The molecule has 0 saturated carbocycles. The van der Waals surface area contributed by atoms with Gasteiger partial charge in [0.1, 0.15) is 0 Å². The average Bonchev–Trinajstić information content (AvgIpc) is 3.60. The Morgan fingerprint density at radius 2 is 0.966 bits per heavy atom. The Morgan fingerprint density at radius 3 is 1.72 bits per heavy atom. The lowest BCUT2D eigenvalue weighted by Crippen LogP contribution is -2.28. The van der Waals surface area contributed by atoms with E-state index in [1.54, 1.807) is 0 Å². The summed E-state index contributed by atoms with van der Waals surface area (Å²) < 4.78 is 0. The summed E-state index contributed by atoms with van der Waals surface area (Å²) >= 11 is 0. The first-order valence-electron chi connectivity index (χ1n) is 20.7. The van der Waals surface area contributed by atoms with Gasteiger partial charge in [-0.25, -0.2) is 0 Å². The van der Waals surface area contributed by atoms with Crippen molar-refractivity contribution >= 4 is 27.8 Å². The second-order valence-electron chi connectivity index (χ2n) is 15.8. The first-order chi connectivity index (χ1) is 28.8. The van der Waals surface area contributed by atoms with E-state index in [0.29, 0.717) is 0 Å². The lowest BCUT2D eigenvalue weighted by atomic mass is 9.67. The normalized spacial score (nSPS) is 13.7. The van der Waals surface area contributed by atoms with E-state index in [1.807, 2.05) is 0 Å². The molecular weight excluding hydrogens is 699 g/mol. The van der Waals surface area contributed by atoms with Gasteiger partial charge in [-0.05, 0) is 123 Å². The number of fused-ring (bicyclic) bond motifs is 5. The van der Waals surface area contributed by atoms with Gasteiger partial charge in [-0.2, -0.15) is 0 Å². The van der Waals surface area contributed by atoms with E-state index < -0.39 is 5.41 Å². The quantitative estimate of drug-likeness (QED) is 0.157. The topological polar surface area (TPSA) is 3.24 Å². The Labute approximate surface area is 341 Å². The Balaban J connectivity index is 1.23. The summed E-state index contributed by atoms with van der Waals surface area (Å²) in [4.78, 5) is 2.50. The molecule has 58 heavy (non-hydrogen) atoms. The van der Waals surface area contributed by atoms with Gasteiger partial charge in [0, 0.05) is 16.6 Å². The number of aryl methyl sites for hydroxylation is 1. The van der Waals surface area contributed by atoms with Crippen LogP contribution in [0.25, 0.3) is 44.2 Å². The van der Waals surface area contributed by atoms with Crippen LogP contribution in [0.15, 0.2) is 212 Å². The van der Waals surface area contributed by atoms with Gasteiger partial charge in [0.15, 0.2) is 0 Å². The molecule has 9 aromatic rings. The minimum atomic E-state index is -0.529. The standard InChI is InChI=1S/C57H43N/c1-4-22-44(23-5-1)57(45-24-6-2-7-25-45)53-32-15-14-30-50(53)52-38-51(43-36-34-42(35-37-43)48-31-16-20-40-18-10-12-28-47(40)48)56(39-54(52)57)58(46-26-8-3-9-27-46)55-33-17-21-41-19-11-13-29-49(41)55/h1-9,11,13-17,19-27,29-39H,10,12,18,28H2. The van der Waals surface area contributed by atoms with Crippen LogP contribution < -0.4 is 4.90 Å². The minimum absolute atomic E-state index is 0.529. The zero-order valence-corrected chi connectivity index (χ0v) is 32.5. The molecule has 0 aromatic heterocycles. The van der Waals surface area contributed by atoms with Crippen LogP contribution in [0.1, 0.15) is 46.2 Å². The smallest absolute Gasteiger partial charge is 0.0714 e. The Morgan fingerprint density at radius 1 is 0.379 bits per heavy atom. The number of nitrogens with zero attached hydrogens (tertiary/aromatic N) is 1.